The molecule has 1 aromatic carbocycles. The van der Waals surface area contributed by atoms with Crippen LogP contribution in [0.15, 0.2) is 18.2 Å². The number of carbonyl (C=O) groups is 2. The van der Waals surface area contributed by atoms with Gasteiger partial charge in [-0.3, -0.25) is 24.6 Å². The molecule has 0 radical (unpaired) electrons. The van der Waals surface area contributed by atoms with Crippen LogP contribution in [0.2, 0.25) is 0 Å². The largest absolute Gasteiger partial charge is 0.371 e. The van der Waals surface area contributed by atoms with Gasteiger partial charge in [-0.2, -0.15) is 0 Å². The van der Waals surface area contributed by atoms with Gasteiger partial charge in [-0.25, -0.2) is 0 Å². The number of rotatable bonds is 6. The van der Waals surface area contributed by atoms with E-state index >= 15 is 0 Å². The Morgan fingerprint density at radius 3 is 2.37 bits per heavy atom. The number of nitrogens with one attached hydrogen (secondary N) is 1. The smallest absolute Gasteiger partial charge is 0.270 e. The van der Waals surface area contributed by atoms with Crippen molar-refractivity contribution in [1.29, 1.82) is 0 Å². The van der Waals surface area contributed by atoms with E-state index in [1.54, 1.807) is 11.0 Å². The second-order valence-corrected chi connectivity index (χ2v) is 8.44. The fourth-order valence-electron chi connectivity index (χ4n) is 4.24. The summed E-state index contributed by atoms with van der Waals surface area (Å²) in [4.78, 5) is 42.4. The molecule has 0 spiro atoms. The van der Waals surface area contributed by atoms with E-state index in [0.29, 0.717) is 37.8 Å². The average molecular weight is 415 g/mol. The zero-order valence-corrected chi connectivity index (χ0v) is 17.4. The van der Waals surface area contributed by atoms with Crippen molar-refractivity contribution < 1.29 is 14.5 Å². The number of nitro groups is 1. The van der Waals surface area contributed by atoms with E-state index < -0.39 is 4.92 Å². The van der Waals surface area contributed by atoms with Crippen LogP contribution in [-0.2, 0) is 4.79 Å². The molecule has 1 unspecified atom stereocenters. The van der Waals surface area contributed by atoms with Crippen LogP contribution in [0.3, 0.4) is 0 Å². The zero-order valence-electron chi connectivity index (χ0n) is 17.4. The third-order valence-corrected chi connectivity index (χ3v) is 6.32. The molecule has 9 nitrogen and oxygen atoms in total. The second-order valence-electron chi connectivity index (χ2n) is 8.44. The zero-order chi connectivity index (χ0) is 21.3. The maximum atomic E-state index is 13.3. The van der Waals surface area contributed by atoms with Gasteiger partial charge in [0.25, 0.3) is 11.6 Å². The van der Waals surface area contributed by atoms with Crippen molar-refractivity contribution >= 4 is 23.2 Å². The van der Waals surface area contributed by atoms with Crippen molar-refractivity contribution in [2.75, 3.05) is 44.2 Å². The van der Waals surface area contributed by atoms with E-state index in [2.05, 4.69) is 15.1 Å². The summed E-state index contributed by atoms with van der Waals surface area (Å²) >= 11 is 0. The minimum atomic E-state index is -0.456. The number of hydrogen-bond donors (Lipinski definition) is 1. The minimum absolute atomic E-state index is 0.0484. The number of piperazine rings is 1. The van der Waals surface area contributed by atoms with Crippen molar-refractivity contribution in [3.05, 3.63) is 33.9 Å². The summed E-state index contributed by atoms with van der Waals surface area (Å²) < 4.78 is 0. The predicted octanol–water partition coefficient (Wildman–Crippen LogP) is 1.62. The lowest BCUT2D eigenvalue weighted by Crippen LogP contribution is -2.55. The van der Waals surface area contributed by atoms with Gasteiger partial charge in [-0.15, -0.1) is 0 Å². The van der Waals surface area contributed by atoms with Crippen molar-refractivity contribution in [2.24, 2.45) is 0 Å². The van der Waals surface area contributed by atoms with Crippen LogP contribution in [0.4, 0.5) is 11.4 Å². The summed E-state index contributed by atoms with van der Waals surface area (Å²) in [6, 6.07) is 4.70. The molecule has 1 N–H and O–H groups in total. The lowest BCUT2D eigenvalue weighted by molar-refractivity contribution is -0.384. The van der Waals surface area contributed by atoms with Crippen LogP contribution < -0.4 is 10.2 Å². The topological polar surface area (TPSA) is 99.0 Å². The third kappa shape index (κ3) is 4.40. The van der Waals surface area contributed by atoms with Crippen LogP contribution in [0.25, 0.3) is 0 Å². The number of benzene rings is 1. The molecule has 0 aromatic heterocycles. The molecule has 162 valence electrons. The molecule has 3 fully saturated rings. The van der Waals surface area contributed by atoms with Gasteiger partial charge >= 0.3 is 0 Å². The van der Waals surface area contributed by atoms with Gasteiger partial charge in [0.2, 0.25) is 5.91 Å². The molecule has 0 bridgehead atoms. The molecule has 1 atom stereocenters. The standard InChI is InChI=1S/C21H29N5O4/c1-15(20(27)22-16-4-5-16)23-10-12-25(13-11-23)21(28)18-14-17(26(29)30)6-7-19(18)24-8-2-3-9-24/h6-7,14-16H,2-5,8-13H2,1H3,(H,22,27). The van der Waals surface area contributed by atoms with E-state index in [-0.39, 0.29) is 23.5 Å². The Balaban J connectivity index is 1.44. The summed E-state index contributed by atoms with van der Waals surface area (Å²) in [5.41, 5.74) is 1.12. The Bertz CT molecular complexity index is 827. The van der Waals surface area contributed by atoms with E-state index in [4.69, 9.17) is 0 Å². The first kappa shape index (κ1) is 20.6. The normalized spacial score (nSPS) is 20.8. The highest BCUT2D eigenvalue weighted by Gasteiger charge is 2.32. The summed E-state index contributed by atoms with van der Waals surface area (Å²) in [6.45, 7) is 5.85. The molecule has 3 aliphatic rings. The number of carbonyl (C=O) groups excluding carboxylic acids is 2. The molecular formula is C21H29N5O4. The number of nitrogens with zero attached hydrogens (tertiary/aromatic N) is 4. The van der Waals surface area contributed by atoms with Gasteiger partial charge in [-0.05, 0) is 38.7 Å². The monoisotopic (exact) mass is 415 g/mol. The molecule has 2 heterocycles. The van der Waals surface area contributed by atoms with E-state index in [9.17, 15) is 19.7 Å². The predicted molar refractivity (Wildman–Crippen MR) is 113 cm³/mol. The molecule has 2 amide bonds. The Kier molecular flexibility index (Phi) is 5.90. The maximum absolute atomic E-state index is 13.3. The van der Waals surface area contributed by atoms with Crippen molar-refractivity contribution in [3.63, 3.8) is 0 Å². The highest BCUT2D eigenvalue weighted by atomic mass is 16.6. The second kappa shape index (κ2) is 8.59. The Morgan fingerprint density at radius 2 is 1.77 bits per heavy atom. The average Bonchev–Trinajstić information content (AvgIpc) is 3.40. The SMILES string of the molecule is CC(C(=O)NC1CC1)N1CCN(C(=O)c2cc([N+](=O)[O-])ccc2N2CCCC2)CC1. The minimum Gasteiger partial charge on any atom is -0.371 e. The third-order valence-electron chi connectivity index (χ3n) is 6.32. The molecular weight excluding hydrogens is 386 g/mol. The molecule has 4 rings (SSSR count). The Hall–Kier alpha value is -2.68. The van der Waals surface area contributed by atoms with E-state index in [1.807, 2.05) is 6.92 Å². The van der Waals surface area contributed by atoms with E-state index in [1.165, 1.54) is 12.1 Å². The van der Waals surface area contributed by atoms with Gasteiger partial charge in [0.05, 0.1) is 22.2 Å². The van der Waals surface area contributed by atoms with Crippen molar-refractivity contribution in [2.45, 2.75) is 44.7 Å². The number of amides is 2. The fourth-order valence-corrected chi connectivity index (χ4v) is 4.24. The highest BCUT2D eigenvalue weighted by molar-refractivity contribution is 6.00. The molecule has 1 aromatic rings. The summed E-state index contributed by atoms with van der Waals surface area (Å²) in [5, 5.41) is 14.3. The first-order chi connectivity index (χ1) is 14.4. The molecule has 2 saturated heterocycles. The number of nitro benzene ring substituents is 1. The lowest BCUT2D eigenvalue weighted by Gasteiger charge is -2.37. The summed E-state index contributed by atoms with van der Waals surface area (Å²) in [6.07, 6.45) is 4.24. The molecule has 1 saturated carbocycles. The molecule has 9 heteroatoms. The first-order valence-corrected chi connectivity index (χ1v) is 10.8. The highest BCUT2D eigenvalue weighted by Crippen LogP contribution is 2.30. The van der Waals surface area contributed by atoms with Gasteiger partial charge in [0.15, 0.2) is 0 Å². The van der Waals surface area contributed by atoms with Gasteiger partial charge < -0.3 is 15.1 Å². The van der Waals surface area contributed by atoms with Gasteiger partial charge in [0, 0.05) is 57.4 Å². The maximum Gasteiger partial charge on any atom is 0.270 e. The number of hydrogen-bond acceptors (Lipinski definition) is 6. The van der Waals surface area contributed by atoms with Crippen LogP contribution in [0, 0.1) is 10.1 Å². The van der Waals surface area contributed by atoms with Crippen LogP contribution >= 0.6 is 0 Å². The number of non-ortho nitro benzene ring substituents is 1. The Morgan fingerprint density at radius 1 is 1.10 bits per heavy atom. The van der Waals surface area contributed by atoms with E-state index in [0.717, 1.165) is 44.5 Å². The van der Waals surface area contributed by atoms with Crippen molar-refractivity contribution in [3.8, 4) is 0 Å². The summed E-state index contributed by atoms with van der Waals surface area (Å²) in [7, 11) is 0. The molecule has 1 aliphatic carbocycles. The molecule has 2 aliphatic heterocycles. The summed E-state index contributed by atoms with van der Waals surface area (Å²) in [5.74, 6) is -0.123. The quantitative estimate of drug-likeness (QED) is 0.560. The van der Waals surface area contributed by atoms with Crippen LogP contribution in [0.5, 0.6) is 0 Å². The first-order valence-electron chi connectivity index (χ1n) is 10.8. The lowest BCUT2D eigenvalue weighted by atomic mass is 10.1. The van der Waals surface area contributed by atoms with Crippen LogP contribution in [0.1, 0.15) is 43.0 Å². The van der Waals surface area contributed by atoms with Gasteiger partial charge in [-0.1, -0.05) is 0 Å². The molecule has 30 heavy (non-hydrogen) atoms. The van der Waals surface area contributed by atoms with Crippen molar-refractivity contribution in [1.82, 2.24) is 15.1 Å². The Labute approximate surface area is 176 Å². The van der Waals surface area contributed by atoms with Crippen LogP contribution in [-0.4, -0.2) is 77.9 Å². The fraction of sp³-hybridized carbons (Fsp3) is 0.619. The number of anilines is 1. The van der Waals surface area contributed by atoms with Gasteiger partial charge in [0.1, 0.15) is 0 Å².